The molecule has 0 bridgehead atoms. The van der Waals surface area contributed by atoms with Crippen molar-refractivity contribution in [1.82, 2.24) is 29.5 Å². The van der Waals surface area contributed by atoms with Gasteiger partial charge in [0.2, 0.25) is 5.91 Å². The molecule has 0 aromatic carbocycles. The van der Waals surface area contributed by atoms with E-state index in [0.29, 0.717) is 24.8 Å². The van der Waals surface area contributed by atoms with Crippen molar-refractivity contribution >= 4 is 22.6 Å². The summed E-state index contributed by atoms with van der Waals surface area (Å²) in [6, 6.07) is 3.96. The zero-order valence-corrected chi connectivity index (χ0v) is 20.6. The fourth-order valence-electron chi connectivity index (χ4n) is 5.28. The fraction of sp³-hybridized carbons (Fsp3) is 0.538. The van der Waals surface area contributed by atoms with Gasteiger partial charge in [-0.05, 0) is 37.4 Å². The maximum absolute atomic E-state index is 13.0. The van der Waals surface area contributed by atoms with E-state index in [-0.39, 0.29) is 18.5 Å². The van der Waals surface area contributed by atoms with Gasteiger partial charge in [-0.15, -0.1) is 0 Å². The summed E-state index contributed by atoms with van der Waals surface area (Å²) in [6.07, 6.45) is 7.36. The second kappa shape index (κ2) is 10.4. The van der Waals surface area contributed by atoms with Gasteiger partial charge < -0.3 is 10.2 Å². The molecule has 1 unspecified atom stereocenters. The van der Waals surface area contributed by atoms with E-state index >= 15 is 0 Å². The molecule has 2 aliphatic heterocycles. The van der Waals surface area contributed by atoms with Crippen LogP contribution in [0, 0.1) is 11.8 Å². The van der Waals surface area contributed by atoms with E-state index in [9.17, 15) is 9.18 Å². The molecule has 1 fully saturated rings. The van der Waals surface area contributed by atoms with Crippen LogP contribution in [0.4, 0.5) is 10.2 Å². The highest BCUT2D eigenvalue weighted by molar-refractivity contribution is 5.94. The number of nitrogens with one attached hydrogen (secondary N) is 1. The minimum atomic E-state index is -0.348. The lowest BCUT2D eigenvalue weighted by Gasteiger charge is -2.32. The molecular weight excluding hydrogens is 445 g/mol. The van der Waals surface area contributed by atoms with Crippen LogP contribution in [-0.2, 0) is 17.9 Å². The van der Waals surface area contributed by atoms with Gasteiger partial charge in [-0.25, -0.2) is 9.37 Å². The first kappa shape index (κ1) is 23.8. The molecular formula is C26H34FN7O. The van der Waals surface area contributed by atoms with Crippen molar-refractivity contribution < 1.29 is 9.18 Å². The van der Waals surface area contributed by atoms with Crippen LogP contribution in [-0.4, -0.2) is 74.9 Å². The Morgan fingerprint density at radius 1 is 1.14 bits per heavy atom. The number of likely N-dealkylation sites (tertiary alicyclic amines) is 1. The number of aromatic nitrogens is 4. The Morgan fingerprint density at radius 3 is 2.86 bits per heavy atom. The molecule has 1 saturated heterocycles. The minimum absolute atomic E-state index is 0.0179. The van der Waals surface area contributed by atoms with E-state index in [1.165, 1.54) is 0 Å². The van der Waals surface area contributed by atoms with Crippen molar-refractivity contribution in [3.8, 4) is 11.1 Å². The first-order chi connectivity index (χ1) is 17.0. The summed E-state index contributed by atoms with van der Waals surface area (Å²) in [5.41, 5.74) is 3.82. The number of pyridine rings is 2. The SMILES string of the molecule is CC(C)CN1CCCC(C(=O)Nc2cc3cc(-c4cnn5c4CN(CCF)CC5)cnc3cn2)C1. The molecule has 0 saturated carbocycles. The van der Waals surface area contributed by atoms with Crippen LogP contribution >= 0.6 is 0 Å². The van der Waals surface area contributed by atoms with Crippen molar-refractivity contribution in [1.29, 1.82) is 0 Å². The zero-order valence-electron chi connectivity index (χ0n) is 20.6. The predicted molar refractivity (Wildman–Crippen MR) is 135 cm³/mol. The Labute approximate surface area is 205 Å². The van der Waals surface area contributed by atoms with E-state index in [2.05, 4.69) is 50.1 Å². The largest absolute Gasteiger partial charge is 0.310 e. The highest BCUT2D eigenvalue weighted by Gasteiger charge is 2.26. The summed E-state index contributed by atoms with van der Waals surface area (Å²) < 4.78 is 14.9. The molecule has 1 atom stereocenters. The van der Waals surface area contributed by atoms with Gasteiger partial charge in [0.05, 0.1) is 36.1 Å². The molecule has 5 heterocycles. The third-order valence-electron chi connectivity index (χ3n) is 6.98. The number of fused-ring (bicyclic) bond motifs is 2. The predicted octanol–water partition coefficient (Wildman–Crippen LogP) is 3.58. The summed E-state index contributed by atoms with van der Waals surface area (Å²) in [6.45, 7) is 9.64. The Kier molecular flexibility index (Phi) is 7.06. The Balaban J connectivity index is 1.33. The second-order valence-corrected chi connectivity index (χ2v) is 10.2. The molecule has 1 N–H and O–H groups in total. The van der Waals surface area contributed by atoms with Gasteiger partial charge in [0.25, 0.3) is 0 Å². The lowest BCUT2D eigenvalue weighted by Crippen LogP contribution is -2.42. The first-order valence-corrected chi connectivity index (χ1v) is 12.6. The van der Waals surface area contributed by atoms with Gasteiger partial charge >= 0.3 is 0 Å². The zero-order chi connectivity index (χ0) is 24.4. The number of amides is 1. The van der Waals surface area contributed by atoms with Crippen molar-refractivity contribution in [3.63, 3.8) is 0 Å². The van der Waals surface area contributed by atoms with Crippen LogP contribution in [0.2, 0.25) is 0 Å². The molecule has 0 spiro atoms. The molecule has 8 nitrogen and oxygen atoms in total. The highest BCUT2D eigenvalue weighted by atomic mass is 19.1. The molecule has 1 amide bonds. The van der Waals surface area contributed by atoms with Crippen molar-refractivity contribution in [2.24, 2.45) is 11.8 Å². The van der Waals surface area contributed by atoms with E-state index in [1.54, 1.807) is 6.20 Å². The van der Waals surface area contributed by atoms with Crippen LogP contribution in [0.5, 0.6) is 0 Å². The summed E-state index contributed by atoms with van der Waals surface area (Å²) in [7, 11) is 0. The monoisotopic (exact) mass is 479 g/mol. The number of anilines is 1. The average molecular weight is 480 g/mol. The number of hydrogen-bond acceptors (Lipinski definition) is 6. The molecule has 3 aromatic heterocycles. The molecule has 35 heavy (non-hydrogen) atoms. The number of piperidine rings is 1. The topological polar surface area (TPSA) is 79.2 Å². The number of alkyl halides is 1. The van der Waals surface area contributed by atoms with Crippen molar-refractivity contribution in [3.05, 3.63) is 36.4 Å². The van der Waals surface area contributed by atoms with Crippen LogP contribution in [0.1, 0.15) is 32.4 Å². The molecule has 186 valence electrons. The van der Waals surface area contributed by atoms with Gasteiger partial charge in [0, 0.05) is 55.4 Å². The maximum atomic E-state index is 13.0. The third kappa shape index (κ3) is 5.36. The number of carbonyl (C=O) groups is 1. The molecule has 0 radical (unpaired) electrons. The highest BCUT2D eigenvalue weighted by Crippen LogP contribution is 2.29. The molecule has 3 aromatic rings. The number of carbonyl (C=O) groups excluding carboxylic acids is 1. The second-order valence-electron chi connectivity index (χ2n) is 10.2. The van der Waals surface area contributed by atoms with Crippen molar-refractivity contribution in [2.75, 3.05) is 44.7 Å². The molecule has 5 rings (SSSR count). The maximum Gasteiger partial charge on any atom is 0.229 e. The van der Waals surface area contributed by atoms with Gasteiger partial charge in [0.15, 0.2) is 0 Å². The Hall–Kier alpha value is -2.91. The van der Waals surface area contributed by atoms with Gasteiger partial charge in [0.1, 0.15) is 12.5 Å². The summed E-state index contributed by atoms with van der Waals surface area (Å²) in [5.74, 6) is 1.16. The van der Waals surface area contributed by atoms with E-state index in [0.717, 1.165) is 73.3 Å². The number of hydrogen-bond donors (Lipinski definition) is 1. The third-order valence-corrected chi connectivity index (χ3v) is 6.98. The fourth-order valence-corrected chi connectivity index (χ4v) is 5.28. The lowest BCUT2D eigenvalue weighted by atomic mass is 9.96. The Bertz CT molecular complexity index is 1190. The van der Waals surface area contributed by atoms with Crippen LogP contribution in [0.15, 0.2) is 30.7 Å². The van der Waals surface area contributed by atoms with Crippen LogP contribution < -0.4 is 5.32 Å². The van der Waals surface area contributed by atoms with Gasteiger partial charge in [-0.2, -0.15) is 5.10 Å². The number of halogens is 1. The quantitative estimate of drug-likeness (QED) is 0.558. The van der Waals surface area contributed by atoms with Crippen LogP contribution in [0.3, 0.4) is 0 Å². The Morgan fingerprint density at radius 2 is 2.03 bits per heavy atom. The van der Waals surface area contributed by atoms with Gasteiger partial charge in [-0.1, -0.05) is 13.8 Å². The molecule has 2 aliphatic rings. The summed E-state index contributed by atoms with van der Waals surface area (Å²) >= 11 is 0. The van der Waals surface area contributed by atoms with E-state index in [4.69, 9.17) is 0 Å². The van der Waals surface area contributed by atoms with Crippen LogP contribution in [0.25, 0.3) is 22.0 Å². The van der Waals surface area contributed by atoms with Crippen molar-refractivity contribution in [2.45, 2.75) is 39.8 Å². The average Bonchev–Trinajstić information content (AvgIpc) is 3.27. The minimum Gasteiger partial charge on any atom is -0.310 e. The number of rotatable bonds is 7. The summed E-state index contributed by atoms with van der Waals surface area (Å²) in [5, 5.41) is 8.49. The smallest absolute Gasteiger partial charge is 0.229 e. The molecule has 0 aliphatic carbocycles. The van der Waals surface area contributed by atoms with E-state index < -0.39 is 0 Å². The normalized spacial score (nSPS) is 19.3. The van der Waals surface area contributed by atoms with Gasteiger partial charge in [-0.3, -0.25) is 19.4 Å². The van der Waals surface area contributed by atoms with E-state index in [1.807, 2.05) is 23.1 Å². The standard InChI is InChI=1S/C26H34FN7O/c1-18(2)15-33-6-3-4-19(16-33)26(35)31-25-11-20-10-21(12-28-23(20)14-29-25)22-13-30-34-9-8-32(7-5-27)17-24(22)34/h10-14,18-19H,3-9,15-17H2,1-2H3,(H,29,31,35). The molecule has 9 heteroatoms. The first-order valence-electron chi connectivity index (χ1n) is 12.6. The number of nitrogens with zero attached hydrogens (tertiary/aromatic N) is 6. The summed E-state index contributed by atoms with van der Waals surface area (Å²) in [4.78, 5) is 26.5. The lowest BCUT2D eigenvalue weighted by molar-refractivity contribution is -0.121.